The second-order valence-corrected chi connectivity index (χ2v) is 7.64. The van der Waals surface area contributed by atoms with Crippen molar-refractivity contribution in [3.05, 3.63) is 60.4 Å². The molecule has 2 heterocycles. The first-order chi connectivity index (χ1) is 11.5. The summed E-state index contributed by atoms with van der Waals surface area (Å²) in [5.41, 5.74) is 1.07. The highest BCUT2D eigenvalue weighted by Crippen LogP contribution is 2.20. The SMILES string of the molecule is O=C1CC(CNS(=O)(=O)c2cccnc2)CN1Cc1ccccc1. The van der Waals surface area contributed by atoms with Crippen LogP contribution in [-0.2, 0) is 21.4 Å². The molecule has 2 aromatic rings. The van der Waals surface area contributed by atoms with Crippen LogP contribution >= 0.6 is 0 Å². The third kappa shape index (κ3) is 3.98. The van der Waals surface area contributed by atoms with Gasteiger partial charge in [-0.05, 0) is 23.6 Å². The van der Waals surface area contributed by atoms with E-state index in [1.807, 2.05) is 30.3 Å². The molecule has 0 saturated carbocycles. The summed E-state index contributed by atoms with van der Waals surface area (Å²) in [6.07, 6.45) is 3.20. The lowest BCUT2D eigenvalue weighted by molar-refractivity contribution is -0.128. The van der Waals surface area contributed by atoms with Crippen LogP contribution in [0, 0.1) is 5.92 Å². The van der Waals surface area contributed by atoms with E-state index in [-0.39, 0.29) is 23.3 Å². The fourth-order valence-corrected chi connectivity index (χ4v) is 3.84. The lowest BCUT2D eigenvalue weighted by Gasteiger charge is -2.17. The number of amides is 1. The van der Waals surface area contributed by atoms with E-state index in [0.29, 0.717) is 19.5 Å². The number of hydrogen-bond acceptors (Lipinski definition) is 4. The number of nitrogens with zero attached hydrogens (tertiary/aromatic N) is 2. The number of aromatic nitrogens is 1. The highest BCUT2D eigenvalue weighted by atomic mass is 32.2. The molecule has 1 fully saturated rings. The zero-order valence-corrected chi connectivity index (χ0v) is 13.9. The number of carbonyl (C=O) groups is 1. The molecule has 1 N–H and O–H groups in total. The molecule has 0 radical (unpaired) electrons. The van der Waals surface area contributed by atoms with Gasteiger partial charge < -0.3 is 4.90 Å². The summed E-state index contributed by atoms with van der Waals surface area (Å²) in [6.45, 7) is 1.36. The fourth-order valence-electron chi connectivity index (χ4n) is 2.76. The Balaban J connectivity index is 1.57. The Labute approximate surface area is 141 Å². The van der Waals surface area contributed by atoms with Crippen molar-refractivity contribution in [2.45, 2.75) is 17.9 Å². The smallest absolute Gasteiger partial charge is 0.242 e. The molecule has 6 nitrogen and oxygen atoms in total. The summed E-state index contributed by atoms with van der Waals surface area (Å²) in [7, 11) is -3.58. The Hall–Kier alpha value is -2.25. The van der Waals surface area contributed by atoms with Crippen LogP contribution < -0.4 is 4.72 Å². The molecule has 1 aliphatic rings. The zero-order valence-electron chi connectivity index (χ0n) is 13.1. The third-order valence-electron chi connectivity index (χ3n) is 4.02. The van der Waals surface area contributed by atoms with Crippen LogP contribution in [0.15, 0.2) is 59.8 Å². The van der Waals surface area contributed by atoms with E-state index in [9.17, 15) is 13.2 Å². The van der Waals surface area contributed by atoms with Crippen LogP contribution in [0.3, 0.4) is 0 Å². The summed E-state index contributed by atoms with van der Waals surface area (Å²) in [6, 6.07) is 12.8. The van der Waals surface area contributed by atoms with Crippen LogP contribution in [-0.4, -0.2) is 37.3 Å². The van der Waals surface area contributed by atoms with Gasteiger partial charge in [0.05, 0.1) is 0 Å². The van der Waals surface area contributed by atoms with E-state index in [1.54, 1.807) is 11.0 Å². The highest BCUT2D eigenvalue weighted by molar-refractivity contribution is 7.89. The number of pyridine rings is 1. The van der Waals surface area contributed by atoms with Crippen LogP contribution in [0.4, 0.5) is 0 Å². The Morgan fingerprint density at radius 1 is 1.17 bits per heavy atom. The van der Waals surface area contributed by atoms with E-state index >= 15 is 0 Å². The quantitative estimate of drug-likeness (QED) is 0.858. The zero-order chi connectivity index (χ0) is 17.0. The number of benzene rings is 1. The van der Waals surface area contributed by atoms with Crippen molar-refractivity contribution >= 4 is 15.9 Å². The minimum Gasteiger partial charge on any atom is -0.338 e. The maximum Gasteiger partial charge on any atom is 0.242 e. The van der Waals surface area contributed by atoms with Gasteiger partial charge in [-0.2, -0.15) is 0 Å². The van der Waals surface area contributed by atoms with Gasteiger partial charge in [-0.15, -0.1) is 0 Å². The predicted molar refractivity (Wildman–Crippen MR) is 89.4 cm³/mol. The van der Waals surface area contributed by atoms with Crippen molar-refractivity contribution in [2.24, 2.45) is 5.92 Å². The number of sulfonamides is 1. The molecule has 1 aliphatic heterocycles. The number of nitrogens with one attached hydrogen (secondary N) is 1. The van der Waals surface area contributed by atoms with Gasteiger partial charge in [0.2, 0.25) is 15.9 Å². The van der Waals surface area contributed by atoms with Crippen molar-refractivity contribution in [3.63, 3.8) is 0 Å². The van der Waals surface area contributed by atoms with E-state index < -0.39 is 10.0 Å². The third-order valence-corrected chi connectivity index (χ3v) is 5.43. The molecule has 0 aliphatic carbocycles. The molecule has 0 spiro atoms. The van der Waals surface area contributed by atoms with Gasteiger partial charge in [0.25, 0.3) is 0 Å². The van der Waals surface area contributed by atoms with Gasteiger partial charge in [-0.25, -0.2) is 13.1 Å². The molecule has 1 atom stereocenters. The first-order valence-corrected chi connectivity index (χ1v) is 9.24. The molecule has 0 bridgehead atoms. The number of rotatable bonds is 6. The Morgan fingerprint density at radius 3 is 2.67 bits per heavy atom. The molecule has 3 rings (SSSR count). The molecular formula is C17H19N3O3S. The van der Waals surface area contributed by atoms with Crippen molar-refractivity contribution in [3.8, 4) is 0 Å². The maximum absolute atomic E-state index is 12.2. The molecule has 1 saturated heterocycles. The average molecular weight is 345 g/mol. The normalized spacial score (nSPS) is 18.1. The average Bonchev–Trinajstić information content (AvgIpc) is 2.95. The fraction of sp³-hybridized carbons (Fsp3) is 0.294. The Bertz CT molecular complexity index is 794. The maximum atomic E-state index is 12.2. The summed E-state index contributed by atoms with van der Waals surface area (Å²) in [4.78, 5) is 17.9. The standard InChI is InChI=1S/C17H19N3O3S/c21-17-9-15(13-20(17)12-14-5-2-1-3-6-14)10-19-24(22,23)16-7-4-8-18-11-16/h1-8,11,15,19H,9-10,12-13H2. The first kappa shape index (κ1) is 16.6. The number of likely N-dealkylation sites (tertiary alicyclic amines) is 1. The molecule has 24 heavy (non-hydrogen) atoms. The molecule has 1 unspecified atom stereocenters. The van der Waals surface area contributed by atoms with Crippen molar-refractivity contribution in [2.75, 3.05) is 13.1 Å². The second kappa shape index (κ2) is 7.11. The molecule has 1 amide bonds. The van der Waals surface area contributed by atoms with E-state index in [0.717, 1.165) is 5.56 Å². The van der Waals surface area contributed by atoms with Crippen LogP contribution in [0.2, 0.25) is 0 Å². The van der Waals surface area contributed by atoms with Crippen molar-refractivity contribution in [1.82, 2.24) is 14.6 Å². The predicted octanol–water partition coefficient (Wildman–Crippen LogP) is 1.41. The summed E-state index contributed by atoms with van der Waals surface area (Å²) in [5.74, 6) is 0.0390. The van der Waals surface area contributed by atoms with Gasteiger partial charge >= 0.3 is 0 Å². The van der Waals surface area contributed by atoms with Crippen molar-refractivity contribution < 1.29 is 13.2 Å². The van der Waals surface area contributed by atoms with Crippen LogP contribution in [0.25, 0.3) is 0 Å². The number of carbonyl (C=O) groups excluding carboxylic acids is 1. The van der Waals surface area contributed by atoms with E-state index in [2.05, 4.69) is 9.71 Å². The monoisotopic (exact) mass is 345 g/mol. The first-order valence-electron chi connectivity index (χ1n) is 7.76. The molecular weight excluding hydrogens is 326 g/mol. The van der Waals surface area contributed by atoms with Gasteiger partial charge in [-0.1, -0.05) is 30.3 Å². The minimum atomic E-state index is -3.58. The molecule has 1 aromatic carbocycles. The summed E-state index contributed by atoms with van der Waals surface area (Å²) in [5, 5.41) is 0. The Kier molecular flexibility index (Phi) is 4.92. The highest BCUT2D eigenvalue weighted by Gasteiger charge is 2.30. The molecule has 126 valence electrons. The lowest BCUT2D eigenvalue weighted by atomic mass is 10.1. The lowest BCUT2D eigenvalue weighted by Crippen LogP contribution is -2.31. The van der Waals surface area contributed by atoms with Crippen LogP contribution in [0.1, 0.15) is 12.0 Å². The van der Waals surface area contributed by atoms with Gasteiger partial charge in [0.1, 0.15) is 4.90 Å². The van der Waals surface area contributed by atoms with Gasteiger partial charge in [0, 0.05) is 38.4 Å². The molecule has 7 heteroatoms. The molecule has 1 aromatic heterocycles. The topological polar surface area (TPSA) is 79.4 Å². The summed E-state index contributed by atoms with van der Waals surface area (Å²) < 4.78 is 27.0. The largest absolute Gasteiger partial charge is 0.338 e. The van der Waals surface area contributed by atoms with Crippen LogP contribution in [0.5, 0.6) is 0 Å². The van der Waals surface area contributed by atoms with E-state index in [4.69, 9.17) is 0 Å². The number of hydrogen-bond donors (Lipinski definition) is 1. The van der Waals surface area contributed by atoms with Gasteiger partial charge in [-0.3, -0.25) is 9.78 Å². The van der Waals surface area contributed by atoms with Crippen molar-refractivity contribution in [1.29, 1.82) is 0 Å². The minimum absolute atomic E-state index is 0.0207. The summed E-state index contributed by atoms with van der Waals surface area (Å²) >= 11 is 0. The van der Waals surface area contributed by atoms with E-state index in [1.165, 1.54) is 18.5 Å². The second-order valence-electron chi connectivity index (χ2n) is 5.87. The Morgan fingerprint density at radius 2 is 1.96 bits per heavy atom. The van der Waals surface area contributed by atoms with Gasteiger partial charge in [0.15, 0.2) is 0 Å².